The molecule has 1 atom stereocenters. The molecule has 1 fully saturated rings. The maximum atomic E-state index is 12.8. The van der Waals surface area contributed by atoms with Gasteiger partial charge in [0, 0.05) is 48.9 Å². The molecule has 160 valence electrons. The molecule has 3 rings (SSSR count). The highest BCUT2D eigenvalue weighted by Crippen LogP contribution is 2.26. The molecule has 30 heavy (non-hydrogen) atoms. The molecule has 0 bridgehead atoms. The Balaban J connectivity index is 1.64. The summed E-state index contributed by atoms with van der Waals surface area (Å²) in [6.45, 7) is 7.88. The largest absolute Gasteiger partial charge is 0.356 e. The van der Waals surface area contributed by atoms with Crippen LogP contribution in [0.25, 0.3) is 0 Å². The second kappa shape index (κ2) is 10.3. The molecule has 6 heteroatoms. The Morgan fingerprint density at radius 1 is 1.13 bits per heavy atom. The van der Waals surface area contributed by atoms with Crippen LogP contribution < -0.4 is 5.32 Å². The van der Waals surface area contributed by atoms with Crippen LogP contribution in [0.3, 0.4) is 0 Å². The van der Waals surface area contributed by atoms with Gasteiger partial charge < -0.3 is 10.2 Å². The van der Waals surface area contributed by atoms with Crippen molar-refractivity contribution in [1.29, 1.82) is 0 Å². The molecule has 0 aliphatic carbocycles. The third-order valence-electron chi connectivity index (χ3n) is 5.76. The summed E-state index contributed by atoms with van der Waals surface area (Å²) in [6.07, 6.45) is 3.55. The second-order valence-electron chi connectivity index (χ2n) is 8.03. The molecule has 1 aromatic carbocycles. The van der Waals surface area contributed by atoms with Gasteiger partial charge in [0.1, 0.15) is 5.82 Å². The lowest BCUT2D eigenvalue weighted by Gasteiger charge is -2.32. The SMILES string of the molecule is CCNC(=O)Cc1c(C)nc([C@H]2CCCN(C(=O)CCc3ccccc3)C2)nc1C. The maximum absolute atomic E-state index is 12.8. The number of hydrogen-bond acceptors (Lipinski definition) is 4. The van der Waals surface area contributed by atoms with Crippen LogP contribution in [0.1, 0.15) is 60.4 Å². The number of carbonyl (C=O) groups is 2. The number of nitrogens with zero attached hydrogens (tertiary/aromatic N) is 3. The molecule has 0 unspecified atom stereocenters. The standard InChI is InChI=1S/C24H32N4O2/c1-4-25-22(29)15-21-17(2)26-24(27-18(21)3)20-11-8-14-28(16-20)23(30)13-12-19-9-6-5-7-10-19/h5-7,9-10,20H,4,8,11-16H2,1-3H3,(H,25,29)/t20-/m0/s1. The van der Waals surface area contributed by atoms with Crippen LogP contribution in [0.5, 0.6) is 0 Å². The number of likely N-dealkylation sites (tertiary alicyclic amines) is 1. The molecule has 6 nitrogen and oxygen atoms in total. The van der Waals surface area contributed by atoms with E-state index in [1.54, 1.807) is 0 Å². The number of rotatable bonds is 7. The van der Waals surface area contributed by atoms with E-state index in [0.29, 0.717) is 25.9 Å². The van der Waals surface area contributed by atoms with Crippen molar-refractivity contribution in [3.63, 3.8) is 0 Å². The van der Waals surface area contributed by atoms with Crippen LogP contribution in [0.4, 0.5) is 0 Å². The van der Waals surface area contributed by atoms with Crippen molar-refractivity contribution in [3.8, 4) is 0 Å². The molecule has 0 saturated carbocycles. The fourth-order valence-electron chi connectivity index (χ4n) is 4.09. The highest BCUT2D eigenvalue weighted by atomic mass is 16.2. The summed E-state index contributed by atoms with van der Waals surface area (Å²) >= 11 is 0. The fourth-order valence-corrected chi connectivity index (χ4v) is 4.09. The van der Waals surface area contributed by atoms with Crippen LogP contribution in [0, 0.1) is 13.8 Å². The van der Waals surface area contributed by atoms with Crippen molar-refractivity contribution in [2.24, 2.45) is 0 Å². The lowest BCUT2D eigenvalue weighted by molar-refractivity contribution is -0.132. The third kappa shape index (κ3) is 5.65. The Morgan fingerprint density at radius 2 is 1.83 bits per heavy atom. The first-order valence-electron chi connectivity index (χ1n) is 10.9. The summed E-state index contributed by atoms with van der Waals surface area (Å²) in [6, 6.07) is 10.1. The van der Waals surface area contributed by atoms with Crippen LogP contribution >= 0.6 is 0 Å². The molecule has 2 aromatic rings. The molecular weight excluding hydrogens is 376 g/mol. The van der Waals surface area contributed by atoms with Crippen molar-refractivity contribution in [2.45, 2.75) is 58.8 Å². The number of aryl methyl sites for hydroxylation is 3. The average Bonchev–Trinajstić information content (AvgIpc) is 2.75. The monoisotopic (exact) mass is 408 g/mol. The van der Waals surface area contributed by atoms with Gasteiger partial charge in [0.05, 0.1) is 6.42 Å². The lowest BCUT2D eigenvalue weighted by Crippen LogP contribution is -2.39. The predicted octanol–water partition coefficient (Wildman–Crippen LogP) is 3.11. The molecule has 2 heterocycles. The van der Waals surface area contributed by atoms with Gasteiger partial charge in [-0.3, -0.25) is 9.59 Å². The van der Waals surface area contributed by atoms with Crippen molar-refractivity contribution in [3.05, 3.63) is 58.7 Å². The number of likely N-dealkylation sites (N-methyl/N-ethyl adjacent to an activating group) is 1. The summed E-state index contributed by atoms with van der Waals surface area (Å²) in [5.74, 6) is 1.14. The van der Waals surface area contributed by atoms with Gasteiger partial charge >= 0.3 is 0 Å². The summed E-state index contributed by atoms with van der Waals surface area (Å²) < 4.78 is 0. The van der Waals surface area contributed by atoms with E-state index in [0.717, 1.165) is 48.6 Å². The highest BCUT2D eigenvalue weighted by molar-refractivity contribution is 5.79. The van der Waals surface area contributed by atoms with E-state index in [-0.39, 0.29) is 17.7 Å². The third-order valence-corrected chi connectivity index (χ3v) is 5.76. The molecule has 0 spiro atoms. The summed E-state index contributed by atoms with van der Waals surface area (Å²) in [7, 11) is 0. The fraction of sp³-hybridized carbons (Fsp3) is 0.500. The zero-order valence-electron chi connectivity index (χ0n) is 18.3. The van der Waals surface area contributed by atoms with Gasteiger partial charge in [-0.2, -0.15) is 0 Å². The van der Waals surface area contributed by atoms with E-state index in [1.807, 2.05) is 43.9 Å². The Hall–Kier alpha value is -2.76. The van der Waals surface area contributed by atoms with Gasteiger partial charge in [-0.1, -0.05) is 30.3 Å². The van der Waals surface area contributed by atoms with Crippen molar-refractivity contribution < 1.29 is 9.59 Å². The van der Waals surface area contributed by atoms with Gasteiger partial charge in [-0.15, -0.1) is 0 Å². The van der Waals surface area contributed by atoms with Crippen LogP contribution in [-0.4, -0.2) is 46.3 Å². The number of piperidine rings is 1. The summed E-state index contributed by atoms with van der Waals surface area (Å²) in [4.78, 5) is 36.2. The quantitative estimate of drug-likeness (QED) is 0.764. The van der Waals surface area contributed by atoms with Crippen LogP contribution in [0.2, 0.25) is 0 Å². The Kier molecular flexibility index (Phi) is 7.55. The summed E-state index contributed by atoms with van der Waals surface area (Å²) in [5, 5.41) is 2.83. The average molecular weight is 409 g/mol. The molecule has 0 radical (unpaired) electrons. The Labute approximate surface area is 179 Å². The van der Waals surface area contributed by atoms with Gasteiger partial charge in [-0.05, 0) is 45.6 Å². The zero-order chi connectivity index (χ0) is 21.5. The smallest absolute Gasteiger partial charge is 0.224 e. The van der Waals surface area contributed by atoms with E-state index in [2.05, 4.69) is 17.4 Å². The van der Waals surface area contributed by atoms with Gasteiger partial charge in [-0.25, -0.2) is 9.97 Å². The number of carbonyl (C=O) groups excluding carboxylic acids is 2. The number of benzene rings is 1. The second-order valence-corrected chi connectivity index (χ2v) is 8.03. The first-order chi connectivity index (χ1) is 14.5. The lowest BCUT2D eigenvalue weighted by atomic mass is 9.95. The zero-order valence-corrected chi connectivity index (χ0v) is 18.3. The highest BCUT2D eigenvalue weighted by Gasteiger charge is 2.27. The van der Waals surface area contributed by atoms with E-state index >= 15 is 0 Å². The molecular formula is C24H32N4O2. The molecule has 1 aliphatic heterocycles. The van der Waals surface area contributed by atoms with Crippen molar-refractivity contribution >= 4 is 11.8 Å². The van der Waals surface area contributed by atoms with E-state index < -0.39 is 0 Å². The molecule has 1 saturated heterocycles. The number of amides is 2. The van der Waals surface area contributed by atoms with E-state index in [9.17, 15) is 9.59 Å². The van der Waals surface area contributed by atoms with Crippen molar-refractivity contribution in [2.75, 3.05) is 19.6 Å². The minimum Gasteiger partial charge on any atom is -0.356 e. The number of hydrogen-bond donors (Lipinski definition) is 1. The van der Waals surface area contributed by atoms with Gasteiger partial charge in [0.25, 0.3) is 0 Å². The first-order valence-corrected chi connectivity index (χ1v) is 10.9. The minimum absolute atomic E-state index is 0.00657. The number of aromatic nitrogens is 2. The molecule has 2 amide bonds. The van der Waals surface area contributed by atoms with E-state index in [4.69, 9.17) is 9.97 Å². The van der Waals surface area contributed by atoms with E-state index in [1.165, 1.54) is 5.56 Å². The normalized spacial score (nSPS) is 16.4. The number of nitrogens with one attached hydrogen (secondary N) is 1. The summed E-state index contributed by atoms with van der Waals surface area (Å²) in [5.41, 5.74) is 3.81. The molecule has 1 aromatic heterocycles. The van der Waals surface area contributed by atoms with Crippen LogP contribution in [-0.2, 0) is 22.4 Å². The Bertz CT molecular complexity index is 859. The first kappa shape index (κ1) is 21.9. The molecule has 1 aliphatic rings. The Morgan fingerprint density at radius 3 is 2.50 bits per heavy atom. The minimum atomic E-state index is -0.00657. The predicted molar refractivity (Wildman–Crippen MR) is 117 cm³/mol. The molecule has 1 N–H and O–H groups in total. The van der Waals surface area contributed by atoms with Gasteiger partial charge in [0.2, 0.25) is 11.8 Å². The van der Waals surface area contributed by atoms with Crippen LogP contribution in [0.15, 0.2) is 30.3 Å². The van der Waals surface area contributed by atoms with Gasteiger partial charge in [0.15, 0.2) is 0 Å². The maximum Gasteiger partial charge on any atom is 0.224 e. The topological polar surface area (TPSA) is 75.2 Å². The van der Waals surface area contributed by atoms with Crippen molar-refractivity contribution in [1.82, 2.24) is 20.2 Å².